The Morgan fingerprint density at radius 3 is 2.75 bits per heavy atom. The molecule has 106 valence electrons. The number of aromatic nitrogens is 3. The lowest BCUT2D eigenvalue weighted by molar-refractivity contribution is 0.0696. The van der Waals surface area contributed by atoms with Crippen molar-refractivity contribution in [3.63, 3.8) is 0 Å². The molecular weight excluding hydrogens is 288 g/mol. The second kappa shape index (κ2) is 5.17. The van der Waals surface area contributed by atoms with Gasteiger partial charge in [-0.3, -0.25) is 0 Å². The van der Waals surface area contributed by atoms with Crippen LogP contribution in [-0.4, -0.2) is 41.8 Å². The summed E-state index contributed by atoms with van der Waals surface area (Å²) in [5.41, 5.74) is -0.0829. The highest BCUT2D eigenvalue weighted by atomic mass is 32.2. The Morgan fingerprint density at radius 1 is 1.45 bits per heavy atom. The monoisotopic (exact) mass is 298 g/mol. The number of carbonyl (C=O) groups is 1. The third-order valence-corrected chi connectivity index (χ3v) is 3.72. The zero-order valence-electron chi connectivity index (χ0n) is 10.2. The van der Waals surface area contributed by atoms with Gasteiger partial charge in [-0.15, -0.1) is 0 Å². The summed E-state index contributed by atoms with van der Waals surface area (Å²) < 4.78 is 31.3. The first-order valence-corrected chi connectivity index (χ1v) is 6.72. The third-order valence-electron chi connectivity index (χ3n) is 2.35. The number of ether oxygens (including phenoxy) is 1. The van der Waals surface area contributed by atoms with E-state index in [1.165, 1.54) is 13.2 Å². The molecule has 20 heavy (non-hydrogen) atoms. The van der Waals surface area contributed by atoms with Gasteiger partial charge in [0.25, 0.3) is 10.0 Å². The molecule has 3 N–H and O–H groups in total. The van der Waals surface area contributed by atoms with Crippen LogP contribution in [0, 0.1) is 0 Å². The summed E-state index contributed by atoms with van der Waals surface area (Å²) in [6, 6.07) is 3.43. The van der Waals surface area contributed by atoms with Crippen LogP contribution in [0.2, 0.25) is 0 Å². The minimum Gasteiger partial charge on any atom is -0.495 e. The highest BCUT2D eigenvalue weighted by Gasteiger charge is 2.22. The number of carboxylic acids is 1. The molecule has 0 spiro atoms. The van der Waals surface area contributed by atoms with E-state index in [9.17, 15) is 13.2 Å². The largest absolute Gasteiger partial charge is 0.495 e. The molecule has 0 amide bonds. The zero-order valence-corrected chi connectivity index (χ0v) is 11.0. The number of hydrogen-bond acceptors (Lipinski definition) is 6. The summed E-state index contributed by atoms with van der Waals surface area (Å²) in [6.45, 7) is 0. The van der Waals surface area contributed by atoms with E-state index in [1.54, 1.807) is 0 Å². The van der Waals surface area contributed by atoms with Crippen LogP contribution in [0.3, 0.4) is 0 Å². The van der Waals surface area contributed by atoms with E-state index in [1.807, 2.05) is 0 Å². The van der Waals surface area contributed by atoms with Gasteiger partial charge in [0.2, 0.25) is 5.95 Å². The van der Waals surface area contributed by atoms with Crippen LogP contribution >= 0.6 is 0 Å². The van der Waals surface area contributed by atoms with Crippen molar-refractivity contribution in [2.24, 2.45) is 0 Å². The van der Waals surface area contributed by atoms with E-state index in [4.69, 9.17) is 9.84 Å². The fourth-order valence-electron chi connectivity index (χ4n) is 1.46. The molecule has 0 aliphatic rings. The lowest BCUT2D eigenvalue weighted by Crippen LogP contribution is -2.15. The van der Waals surface area contributed by atoms with E-state index >= 15 is 0 Å². The molecule has 0 fully saturated rings. The van der Waals surface area contributed by atoms with Gasteiger partial charge in [0.1, 0.15) is 17.0 Å². The number of aromatic amines is 1. The predicted octanol–water partition coefficient (Wildman–Crippen LogP) is 0.312. The molecule has 0 saturated heterocycles. The normalized spacial score (nSPS) is 11.1. The van der Waals surface area contributed by atoms with E-state index in [2.05, 4.69) is 19.9 Å². The van der Waals surface area contributed by atoms with Gasteiger partial charge in [-0.2, -0.15) is 10.1 Å². The molecule has 0 atom stereocenters. The van der Waals surface area contributed by atoms with Crippen molar-refractivity contribution in [2.45, 2.75) is 4.90 Å². The van der Waals surface area contributed by atoms with Crippen LogP contribution < -0.4 is 9.46 Å². The van der Waals surface area contributed by atoms with Crippen molar-refractivity contribution in [3.8, 4) is 5.75 Å². The SMILES string of the molecule is COc1cc(C(=O)O)ccc1S(=O)(=O)Nc1ncn[nH]1. The second-order valence-corrected chi connectivity index (χ2v) is 5.26. The number of aromatic carboxylic acids is 1. The van der Waals surface area contributed by atoms with Gasteiger partial charge in [-0.25, -0.2) is 23.0 Å². The van der Waals surface area contributed by atoms with Crippen molar-refractivity contribution in [1.29, 1.82) is 0 Å². The fraction of sp³-hybridized carbons (Fsp3) is 0.100. The quantitative estimate of drug-likeness (QED) is 0.723. The van der Waals surface area contributed by atoms with Crippen molar-refractivity contribution in [1.82, 2.24) is 15.2 Å². The maximum Gasteiger partial charge on any atom is 0.335 e. The summed E-state index contributed by atoms with van der Waals surface area (Å²) in [7, 11) is -2.73. The van der Waals surface area contributed by atoms with Gasteiger partial charge < -0.3 is 9.84 Å². The number of rotatable bonds is 5. The molecule has 0 aliphatic heterocycles. The number of carboxylic acid groups (broad SMARTS) is 1. The third kappa shape index (κ3) is 2.69. The molecule has 1 aromatic heterocycles. The van der Waals surface area contributed by atoms with Gasteiger partial charge in [-0.1, -0.05) is 0 Å². The Kier molecular flexibility index (Phi) is 3.57. The van der Waals surface area contributed by atoms with Gasteiger partial charge >= 0.3 is 5.97 Å². The highest BCUT2D eigenvalue weighted by Crippen LogP contribution is 2.26. The lowest BCUT2D eigenvalue weighted by Gasteiger charge is -2.10. The number of nitrogens with zero attached hydrogens (tertiary/aromatic N) is 2. The maximum absolute atomic E-state index is 12.1. The molecule has 0 radical (unpaired) electrons. The maximum atomic E-state index is 12.1. The molecule has 2 rings (SSSR count). The van der Waals surface area contributed by atoms with Crippen LogP contribution in [0.25, 0.3) is 0 Å². The molecule has 9 nitrogen and oxygen atoms in total. The van der Waals surface area contributed by atoms with E-state index < -0.39 is 16.0 Å². The number of methoxy groups -OCH3 is 1. The molecule has 0 saturated carbocycles. The average molecular weight is 298 g/mol. The number of anilines is 1. The number of benzene rings is 1. The summed E-state index contributed by atoms with van der Waals surface area (Å²) >= 11 is 0. The van der Waals surface area contributed by atoms with Crippen LogP contribution in [-0.2, 0) is 10.0 Å². The first-order valence-electron chi connectivity index (χ1n) is 5.23. The summed E-state index contributed by atoms with van der Waals surface area (Å²) in [5.74, 6) is -1.33. The molecular formula is C10H10N4O5S. The van der Waals surface area contributed by atoms with Gasteiger partial charge in [0.05, 0.1) is 12.7 Å². The zero-order chi connectivity index (χ0) is 14.8. The second-order valence-electron chi connectivity index (χ2n) is 3.61. The summed E-state index contributed by atoms with van der Waals surface area (Å²) in [6.07, 6.45) is 1.14. The topological polar surface area (TPSA) is 134 Å². The average Bonchev–Trinajstić information content (AvgIpc) is 2.89. The molecule has 0 bridgehead atoms. The molecule has 2 aromatic rings. The molecule has 1 heterocycles. The minimum absolute atomic E-state index is 0.0608. The van der Waals surface area contributed by atoms with Crippen molar-refractivity contribution in [2.75, 3.05) is 11.8 Å². The number of nitrogens with one attached hydrogen (secondary N) is 2. The smallest absolute Gasteiger partial charge is 0.335 e. The molecule has 1 aromatic carbocycles. The van der Waals surface area contributed by atoms with Gasteiger partial charge in [-0.05, 0) is 18.2 Å². The van der Waals surface area contributed by atoms with Gasteiger partial charge in [0, 0.05) is 0 Å². The Morgan fingerprint density at radius 2 is 2.20 bits per heavy atom. The van der Waals surface area contributed by atoms with Crippen LogP contribution in [0.1, 0.15) is 10.4 Å². The first-order chi connectivity index (χ1) is 9.44. The predicted molar refractivity (Wildman–Crippen MR) is 67.1 cm³/mol. The highest BCUT2D eigenvalue weighted by molar-refractivity contribution is 7.92. The van der Waals surface area contributed by atoms with Crippen LogP contribution in [0.15, 0.2) is 29.4 Å². The Balaban J connectivity index is 2.43. The first kappa shape index (κ1) is 13.8. The number of H-pyrrole nitrogens is 1. The number of sulfonamides is 1. The van der Waals surface area contributed by atoms with E-state index in [-0.39, 0.29) is 22.2 Å². The Bertz CT molecular complexity index is 726. The van der Waals surface area contributed by atoms with E-state index in [0.29, 0.717) is 0 Å². The fourth-order valence-corrected chi connectivity index (χ4v) is 2.58. The van der Waals surface area contributed by atoms with Crippen LogP contribution in [0.5, 0.6) is 5.75 Å². The molecule has 10 heteroatoms. The van der Waals surface area contributed by atoms with Gasteiger partial charge in [0.15, 0.2) is 0 Å². The van der Waals surface area contributed by atoms with Crippen LogP contribution in [0.4, 0.5) is 5.95 Å². The minimum atomic E-state index is -3.97. The molecule has 0 aliphatic carbocycles. The van der Waals surface area contributed by atoms with Crippen molar-refractivity contribution >= 4 is 21.9 Å². The molecule has 0 unspecified atom stereocenters. The number of hydrogen-bond donors (Lipinski definition) is 3. The Labute approximate surface area is 113 Å². The standard InChI is InChI=1S/C10H10N4O5S/c1-19-7-4-6(9(15)16)2-3-8(7)20(17,18)14-10-11-5-12-13-10/h2-5H,1H3,(H,15,16)(H2,11,12,13,14). The van der Waals surface area contributed by atoms with E-state index in [0.717, 1.165) is 18.5 Å². The van der Waals surface area contributed by atoms with Crippen molar-refractivity contribution in [3.05, 3.63) is 30.1 Å². The summed E-state index contributed by atoms with van der Waals surface area (Å²) in [5, 5.41) is 14.7. The lowest BCUT2D eigenvalue weighted by atomic mass is 10.2. The Hall–Kier alpha value is -2.62. The van der Waals surface area contributed by atoms with Crippen molar-refractivity contribution < 1.29 is 23.1 Å². The summed E-state index contributed by atoms with van der Waals surface area (Å²) in [4.78, 5) is 14.3.